The molecule has 28 heavy (non-hydrogen) atoms. The first kappa shape index (κ1) is 19.7. The predicted octanol–water partition coefficient (Wildman–Crippen LogP) is 4.41. The number of hydrogen-bond acceptors (Lipinski definition) is 4. The average molecular weight is 416 g/mol. The van der Waals surface area contributed by atoms with Crippen LogP contribution in [-0.2, 0) is 10.0 Å². The second-order valence-corrected chi connectivity index (χ2v) is 8.04. The van der Waals surface area contributed by atoms with Gasteiger partial charge in [0.15, 0.2) is 17.7 Å². The Kier molecular flexibility index (Phi) is 5.58. The zero-order chi connectivity index (χ0) is 20.3. The summed E-state index contributed by atoms with van der Waals surface area (Å²) in [6.45, 7) is 0. The Morgan fingerprint density at radius 1 is 0.964 bits per heavy atom. The van der Waals surface area contributed by atoms with E-state index in [1.54, 1.807) is 36.4 Å². The Morgan fingerprint density at radius 3 is 2.29 bits per heavy atom. The van der Waals surface area contributed by atoms with Crippen molar-refractivity contribution in [1.29, 1.82) is 0 Å². The molecule has 0 unspecified atom stereocenters. The third-order valence-electron chi connectivity index (χ3n) is 4.00. The Morgan fingerprint density at radius 2 is 1.61 bits per heavy atom. The van der Waals surface area contributed by atoms with Crippen molar-refractivity contribution in [3.8, 4) is 0 Å². The molecule has 3 rings (SSSR count). The smallest absolute Gasteiger partial charge is 0.276 e. The van der Waals surface area contributed by atoms with Crippen LogP contribution in [0.1, 0.15) is 15.9 Å². The number of rotatable bonds is 6. The molecule has 0 aliphatic carbocycles. The van der Waals surface area contributed by atoms with Crippen molar-refractivity contribution in [3.63, 3.8) is 0 Å². The maximum atomic E-state index is 12.9. The monoisotopic (exact) mass is 415 g/mol. The SMILES string of the molecule is C[N+](=O)c1ccccc1S(=O)(=O)Nc1ccc(Cl)cc1C(=O)c1ccccc1. The molecular weight excluding hydrogens is 400 g/mol. The number of carbonyl (C=O) groups excluding carboxylic acids is 1. The van der Waals surface area contributed by atoms with Crippen molar-refractivity contribution in [1.82, 2.24) is 0 Å². The summed E-state index contributed by atoms with van der Waals surface area (Å²) >= 11 is 6.03. The molecule has 0 radical (unpaired) electrons. The number of anilines is 1. The van der Waals surface area contributed by atoms with Crippen LogP contribution >= 0.6 is 11.6 Å². The highest BCUT2D eigenvalue weighted by Crippen LogP contribution is 2.29. The van der Waals surface area contributed by atoms with Gasteiger partial charge in [-0.2, -0.15) is 0 Å². The number of carbonyl (C=O) groups is 1. The molecule has 0 aliphatic heterocycles. The Hall–Kier alpha value is -3.03. The number of para-hydroxylation sites is 1. The fraction of sp³-hybridized carbons (Fsp3) is 0.0500. The van der Waals surface area contributed by atoms with E-state index in [2.05, 4.69) is 4.72 Å². The van der Waals surface area contributed by atoms with Gasteiger partial charge in [0, 0.05) is 31.9 Å². The van der Waals surface area contributed by atoms with Crippen LogP contribution in [0.15, 0.2) is 77.7 Å². The third kappa shape index (κ3) is 4.11. The Bertz CT molecular complexity index is 1160. The van der Waals surface area contributed by atoms with Crippen LogP contribution in [0.2, 0.25) is 5.02 Å². The highest BCUT2D eigenvalue weighted by Gasteiger charge is 2.27. The number of ketones is 1. The van der Waals surface area contributed by atoms with Crippen LogP contribution < -0.4 is 4.72 Å². The lowest BCUT2D eigenvalue weighted by Crippen LogP contribution is -2.17. The number of nitroso groups, excluding NO2 is 1. The molecule has 0 aliphatic rings. The molecule has 6 nitrogen and oxygen atoms in total. The number of hydrogen-bond donors (Lipinski definition) is 1. The van der Waals surface area contributed by atoms with Gasteiger partial charge in [0.25, 0.3) is 15.7 Å². The van der Waals surface area contributed by atoms with Crippen LogP contribution in [-0.4, -0.2) is 26.0 Å². The van der Waals surface area contributed by atoms with E-state index in [-0.39, 0.29) is 27.6 Å². The molecule has 1 N–H and O–H groups in total. The summed E-state index contributed by atoms with van der Waals surface area (Å²) in [5, 5.41) is 0.293. The van der Waals surface area contributed by atoms with Crippen LogP contribution in [0.5, 0.6) is 0 Å². The Balaban J connectivity index is 2.06. The van der Waals surface area contributed by atoms with Gasteiger partial charge >= 0.3 is 0 Å². The molecule has 0 aromatic heterocycles. The zero-order valence-corrected chi connectivity index (χ0v) is 16.4. The molecule has 0 saturated heterocycles. The lowest BCUT2D eigenvalue weighted by atomic mass is 10.0. The van der Waals surface area contributed by atoms with Crippen molar-refractivity contribution in [2.45, 2.75) is 4.90 Å². The zero-order valence-electron chi connectivity index (χ0n) is 14.8. The maximum absolute atomic E-state index is 12.9. The highest BCUT2D eigenvalue weighted by atomic mass is 35.5. The van der Waals surface area contributed by atoms with E-state index in [4.69, 9.17) is 11.6 Å². The molecule has 3 aromatic carbocycles. The number of halogens is 1. The van der Waals surface area contributed by atoms with Gasteiger partial charge in [0.2, 0.25) is 0 Å². The van der Waals surface area contributed by atoms with Crippen molar-refractivity contribution in [2.75, 3.05) is 11.8 Å². The van der Waals surface area contributed by atoms with Gasteiger partial charge in [-0.25, -0.2) is 8.42 Å². The van der Waals surface area contributed by atoms with E-state index in [1.807, 2.05) is 0 Å². The summed E-state index contributed by atoms with van der Waals surface area (Å²) in [7, 11) is -2.92. The summed E-state index contributed by atoms with van der Waals surface area (Å²) in [6, 6.07) is 18.5. The number of sulfonamides is 1. The van der Waals surface area contributed by atoms with Gasteiger partial charge in [-0.3, -0.25) is 9.52 Å². The van der Waals surface area contributed by atoms with E-state index < -0.39 is 10.0 Å². The molecule has 0 amide bonds. The van der Waals surface area contributed by atoms with Crippen molar-refractivity contribution >= 4 is 38.8 Å². The van der Waals surface area contributed by atoms with E-state index in [9.17, 15) is 18.1 Å². The van der Waals surface area contributed by atoms with E-state index >= 15 is 0 Å². The van der Waals surface area contributed by atoms with Gasteiger partial charge in [0.05, 0.1) is 5.69 Å². The summed E-state index contributed by atoms with van der Waals surface area (Å²) in [5.74, 6) is -0.380. The largest absolute Gasteiger partial charge is 0.289 e. The van der Waals surface area contributed by atoms with Gasteiger partial charge in [-0.15, -0.1) is 0 Å². The summed E-state index contributed by atoms with van der Waals surface area (Å²) in [4.78, 5) is 24.4. The first-order valence-corrected chi connectivity index (χ1v) is 10.1. The quantitative estimate of drug-likeness (QED) is 0.477. The van der Waals surface area contributed by atoms with Gasteiger partial charge < -0.3 is 0 Å². The second kappa shape index (κ2) is 7.92. The van der Waals surface area contributed by atoms with Crippen molar-refractivity contribution in [3.05, 3.63) is 93.9 Å². The highest BCUT2D eigenvalue weighted by molar-refractivity contribution is 7.92. The minimum absolute atomic E-state index is 0.0140. The summed E-state index contributed by atoms with van der Waals surface area (Å²) < 4.78 is 28.7. The molecule has 0 bridgehead atoms. The summed E-state index contributed by atoms with van der Waals surface area (Å²) in [6.07, 6.45) is 0. The number of nitrogens with zero attached hydrogens (tertiary/aromatic N) is 1. The molecule has 0 saturated carbocycles. The molecule has 142 valence electrons. The van der Waals surface area contributed by atoms with Crippen molar-refractivity contribution in [2.24, 2.45) is 0 Å². The van der Waals surface area contributed by atoms with E-state index in [1.165, 1.54) is 43.4 Å². The molecule has 0 spiro atoms. The van der Waals surface area contributed by atoms with E-state index in [0.29, 0.717) is 15.3 Å². The lowest BCUT2D eigenvalue weighted by molar-refractivity contribution is -0.431. The van der Waals surface area contributed by atoms with Crippen LogP contribution in [0.4, 0.5) is 11.4 Å². The maximum Gasteiger partial charge on any atom is 0.276 e. The standard InChI is InChI=1S/C20H15ClN2O4S/c1-23(25)18-9-5-6-10-19(18)28(26,27)22-17-12-11-15(21)13-16(17)20(24)14-7-3-2-4-8-14/h2-13H,1H3/p+1. The Labute approximate surface area is 167 Å². The van der Waals surface area contributed by atoms with Crippen LogP contribution in [0, 0.1) is 4.91 Å². The van der Waals surface area contributed by atoms with Gasteiger partial charge in [0.1, 0.15) is 0 Å². The number of benzene rings is 3. The molecular formula is C20H16ClN2O4S+. The average Bonchev–Trinajstić information content (AvgIpc) is 2.69. The molecule has 0 atom stereocenters. The van der Waals surface area contributed by atoms with Crippen molar-refractivity contribution < 1.29 is 18.0 Å². The third-order valence-corrected chi connectivity index (χ3v) is 5.65. The minimum Gasteiger partial charge on any atom is -0.289 e. The van der Waals surface area contributed by atoms with Crippen LogP contribution in [0.25, 0.3) is 0 Å². The fourth-order valence-corrected chi connectivity index (χ4v) is 4.16. The first-order valence-electron chi connectivity index (χ1n) is 8.21. The lowest BCUT2D eigenvalue weighted by Gasteiger charge is -2.13. The van der Waals surface area contributed by atoms with Gasteiger partial charge in [-0.1, -0.05) is 54.1 Å². The molecule has 3 aromatic rings. The van der Waals surface area contributed by atoms with Gasteiger partial charge in [-0.05, 0) is 24.3 Å². The topological polar surface area (TPSA) is 83.3 Å². The molecule has 8 heteroatoms. The fourth-order valence-electron chi connectivity index (χ4n) is 2.68. The molecule has 0 fully saturated rings. The summed E-state index contributed by atoms with van der Waals surface area (Å²) in [5.41, 5.74) is 0.557. The molecule has 0 heterocycles. The van der Waals surface area contributed by atoms with Crippen LogP contribution in [0.3, 0.4) is 0 Å². The minimum atomic E-state index is -4.13. The first-order chi connectivity index (χ1) is 13.3. The second-order valence-electron chi connectivity index (χ2n) is 5.96. The van der Waals surface area contributed by atoms with E-state index in [0.717, 1.165) is 0 Å². The normalized spacial score (nSPS) is 11.1. The predicted molar refractivity (Wildman–Crippen MR) is 108 cm³/mol. The number of nitrogens with one attached hydrogen (secondary N) is 1.